The SMILES string of the molecule is O=C(O)c1cccc(Cn2cc3cc(C(F)(F)F)ccc3n2)c1F. The Morgan fingerprint density at radius 2 is 1.96 bits per heavy atom. The van der Waals surface area contributed by atoms with Crippen molar-refractivity contribution in [3.05, 3.63) is 65.1 Å². The molecule has 0 amide bonds. The molecule has 0 fully saturated rings. The summed E-state index contributed by atoms with van der Waals surface area (Å²) in [5.41, 5.74) is -0.853. The number of alkyl halides is 3. The third kappa shape index (κ3) is 2.94. The van der Waals surface area contributed by atoms with Crippen LogP contribution in [0.2, 0.25) is 0 Å². The normalized spacial score (nSPS) is 11.8. The summed E-state index contributed by atoms with van der Waals surface area (Å²) in [6.45, 7) is -0.0943. The predicted molar refractivity (Wildman–Crippen MR) is 77.2 cm³/mol. The van der Waals surface area contributed by atoms with Gasteiger partial charge in [0.2, 0.25) is 0 Å². The molecular formula is C16H10F4N2O2. The summed E-state index contributed by atoms with van der Waals surface area (Å²) >= 11 is 0. The molecule has 0 unspecified atom stereocenters. The summed E-state index contributed by atoms with van der Waals surface area (Å²) in [5, 5.41) is 13.3. The van der Waals surface area contributed by atoms with E-state index in [2.05, 4.69) is 5.10 Å². The first kappa shape index (κ1) is 16.0. The van der Waals surface area contributed by atoms with Gasteiger partial charge in [0.15, 0.2) is 0 Å². The number of fused-ring (bicyclic) bond motifs is 1. The zero-order valence-corrected chi connectivity index (χ0v) is 12.0. The van der Waals surface area contributed by atoms with Crippen molar-refractivity contribution in [1.82, 2.24) is 9.78 Å². The van der Waals surface area contributed by atoms with Crippen LogP contribution in [0.15, 0.2) is 42.6 Å². The van der Waals surface area contributed by atoms with Gasteiger partial charge in [-0.2, -0.15) is 18.3 Å². The maximum absolute atomic E-state index is 14.1. The minimum atomic E-state index is -4.46. The van der Waals surface area contributed by atoms with E-state index in [1.54, 1.807) is 0 Å². The second kappa shape index (κ2) is 5.63. The number of carbonyl (C=O) groups is 1. The fraction of sp³-hybridized carbons (Fsp3) is 0.125. The van der Waals surface area contributed by atoms with Gasteiger partial charge in [0.1, 0.15) is 5.82 Å². The third-order valence-corrected chi connectivity index (χ3v) is 3.52. The lowest BCUT2D eigenvalue weighted by molar-refractivity contribution is -0.137. The van der Waals surface area contributed by atoms with Gasteiger partial charge in [-0.1, -0.05) is 12.1 Å². The minimum Gasteiger partial charge on any atom is -0.478 e. The molecule has 24 heavy (non-hydrogen) atoms. The Labute approximate surface area is 132 Å². The zero-order valence-electron chi connectivity index (χ0n) is 12.0. The Kier molecular flexibility index (Phi) is 3.75. The number of nitrogens with zero attached hydrogens (tertiary/aromatic N) is 2. The molecule has 0 saturated carbocycles. The highest BCUT2D eigenvalue weighted by atomic mass is 19.4. The summed E-state index contributed by atoms with van der Waals surface area (Å²) in [6, 6.07) is 7.05. The van der Waals surface area contributed by atoms with E-state index in [4.69, 9.17) is 5.11 Å². The number of aromatic carboxylic acids is 1. The van der Waals surface area contributed by atoms with Crippen molar-refractivity contribution < 1.29 is 27.5 Å². The Morgan fingerprint density at radius 3 is 2.62 bits per heavy atom. The topological polar surface area (TPSA) is 55.1 Å². The average molecular weight is 338 g/mol. The monoisotopic (exact) mass is 338 g/mol. The van der Waals surface area contributed by atoms with E-state index in [9.17, 15) is 22.4 Å². The first-order valence-corrected chi connectivity index (χ1v) is 6.81. The molecule has 1 heterocycles. The van der Waals surface area contributed by atoms with E-state index in [0.717, 1.165) is 18.2 Å². The highest BCUT2D eigenvalue weighted by molar-refractivity contribution is 5.88. The summed E-state index contributed by atoms with van der Waals surface area (Å²) in [5.74, 6) is -2.28. The lowest BCUT2D eigenvalue weighted by Crippen LogP contribution is -2.07. The number of halogens is 4. The summed E-state index contributed by atoms with van der Waals surface area (Å²) in [4.78, 5) is 10.9. The molecule has 3 rings (SSSR count). The van der Waals surface area contributed by atoms with E-state index in [1.807, 2.05) is 0 Å². The van der Waals surface area contributed by atoms with E-state index in [1.165, 1.54) is 29.1 Å². The molecule has 0 bridgehead atoms. The highest BCUT2D eigenvalue weighted by Gasteiger charge is 2.30. The predicted octanol–water partition coefficient (Wildman–Crippen LogP) is 3.94. The number of carboxylic acids is 1. The average Bonchev–Trinajstić information content (AvgIpc) is 2.89. The van der Waals surface area contributed by atoms with Gasteiger partial charge < -0.3 is 5.11 Å². The number of rotatable bonds is 3. The van der Waals surface area contributed by atoms with E-state index >= 15 is 0 Å². The van der Waals surface area contributed by atoms with Crippen molar-refractivity contribution in [2.24, 2.45) is 0 Å². The van der Waals surface area contributed by atoms with Gasteiger partial charge >= 0.3 is 12.1 Å². The van der Waals surface area contributed by atoms with Gasteiger partial charge in [-0.15, -0.1) is 0 Å². The minimum absolute atomic E-state index is 0.0822. The van der Waals surface area contributed by atoms with Crippen LogP contribution in [0.5, 0.6) is 0 Å². The third-order valence-electron chi connectivity index (χ3n) is 3.52. The number of carboxylic acid groups (broad SMARTS) is 1. The van der Waals surface area contributed by atoms with Crippen LogP contribution in [0.25, 0.3) is 10.9 Å². The molecule has 0 saturated heterocycles. The van der Waals surface area contributed by atoms with Crippen LogP contribution < -0.4 is 0 Å². The molecule has 124 valence electrons. The van der Waals surface area contributed by atoms with Crippen LogP contribution in [0.4, 0.5) is 17.6 Å². The van der Waals surface area contributed by atoms with E-state index < -0.39 is 29.1 Å². The first-order chi connectivity index (χ1) is 11.3. The zero-order chi connectivity index (χ0) is 17.5. The summed E-state index contributed by atoms with van der Waals surface area (Å²) in [7, 11) is 0. The fourth-order valence-corrected chi connectivity index (χ4v) is 2.38. The van der Waals surface area contributed by atoms with Crippen LogP contribution in [0.1, 0.15) is 21.5 Å². The molecule has 8 heteroatoms. The van der Waals surface area contributed by atoms with Crippen molar-refractivity contribution in [2.45, 2.75) is 12.7 Å². The smallest absolute Gasteiger partial charge is 0.416 e. The van der Waals surface area contributed by atoms with E-state index in [-0.39, 0.29) is 17.5 Å². The second-order valence-corrected chi connectivity index (χ2v) is 5.18. The molecule has 0 aliphatic rings. The molecule has 0 radical (unpaired) electrons. The molecule has 2 aromatic carbocycles. The van der Waals surface area contributed by atoms with Gasteiger partial charge in [-0.25, -0.2) is 9.18 Å². The van der Waals surface area contributed by atoms with Crippen molar-refractivity contribution >= 4 is 16.9 Å². The Bertz CT molecular complexity index is 931. The molecule has 0 aliphatic heterocycles. The van der Waals surface area contributed by atoms with Crippen LogP contribution in [0.3, 0.4) is 0 Å². The maximum Gasteiger partial charge on any atom is 0.416 e. The molecule has 1 aromatic heterocycles. The Balaban J connectivity index is 1.97. The van der Waals surface area contributed by atoms with Crippen molar-refractivity contribution in [3.63, 3.8) is 0 Å². The number of hydrogen-bond donors (Lipinski definition) is 1. The standard InChI is InChI=1S/C16H10F4N2O2/c17-14-9(2-1-3-12(14)15(23)24)7-22-8-10-6-11(16(18,19)20)4-5-13(10)21-22/h1-6,8H,7H2,(H,23,24). The lowest BCUT2D eigenvalue weighted by Gasteiger charge is -2.05. The number of aromatic nitrogens is 2. The molecule has 1 N–H and O–H groups in total. The second-order valence-electron chi connectivity index (χ2n) is 5.18. The van der Waals surface area contributed by atoms with Gasteiger partial charge in [0, 0.05) is 17.1 Å². The van der Waals surface area contributed by atoms with Crippen LogP contribution in [-0.4, -0.2) is 20.9 Å². The van der Waals surface area contributed by atoms with Gasteiger partial charge in [-0.3, -0.25) is 4.68 Å². The van der Waals surface area contributed by atoms with Crippen LogP contribution >= 0.6 is 0 Å². The lowest BCUT2D eigenvalue weighted by atomic mass is 10.1. The van der Waals surface area contributed by atoms with Crippen molar-refractivity contribution in [2.75, 3.05) is 0 Å². The van der Waals surface area contributed by atoms with Crippen molar-refractivity contribution in [1.29, 1.82) is 0 Å². The van der Waals surface area contributed by atoms with Gasteiger partial charge in [0.25, 0.3) is 0 Å². The van der Waals surface area contributed by atoms with Crippen LogP contribution in [0, 0.1) is 5.82 Å². The largest absolute Gasteiger partial charge is 0.478 e. The van der Waals surface area contributed by atoms with Crippen LogP contribution in [-0.2, 0) is 12.7 Å². The highest BCUT2D eigenvalue weighted by Crippen LogP contribution is 2.31. The Hall–Kier alpha value is -2.90. The van der Waals surface area contributed by atoms with E-state index in [0.29, 0.717) is 5.52 Å². The molecule has 4 nitrogen and oxygen atoms in total. The molecule has 0 atom stereocenters. The van der Waals surface area contributed by atoms with Gasteiger partial charge in [0.05, 0.1) is 23.2 Å². The number of hydrogen-bond acceptors (Lipinski definition) is 2. The summed E-state index contributed by atoms with van der Waals surface area (Å²) in [6.07, 6.45) is -3.10. The van der Waals surface area contributed by atoms with Gasteiger partial charge in [-0.05, 0) is 24.3 Å². The molecule has 0 aliphatic carbocycles. The molecule has 3 aromatic rings. The number of benzene rings is 2. The maximum atomic E-state index is 14.1. The summed E-state index contributed by atoms with van der Waals surface area (Å²) < 4.78 is 53.5. The quantitative estimate of drug-likeness (QED) is 0.736. The first-order valence-electron chi connectivity index (χ1n) is 6.81. The Morgan fingerprint density at radius 1 is 1.21 bits per heavy atom. The molecule has 0 spiro atoms. The molecular weight excluding hydrogens is 328 g/mol. The van der Waals surface area contributed by atoms with Crippen molar-refractivity contribution in [3.8, 4) is 0 Å². The fourth-order valence-electron chi connectivity index (χ4n) is 2.38.